The first-order valence-electron chi connectivity index (χ1n) is 6.52. The van der Waals surface area contributed by atoms with Gasteiger partial charge in [-0.15, -0.1) is 0 Å². The zero-order valence-electron chi connectivity index (χ0n) is 10.6. The normalized spacial score (nSPS) is 16.6. The lowest BCUT2D eigenvalue weighted by atomic mass is 10.1. The number of anilines is 1. The number of benzene rings is 3. The van der Waals surface area contributed by atoms with Crippen LogP contribution >= 0.6 is 11.6 Å². The highest BCUT2D eigenvalue weighted by molar-refractivity contribution is 6.36. The molecule has 3 aromatic rings. The van der Waals surface area contributed by atoms with Crippen LogP contribution in [0, 0.1) is 0 Å². The lowest BCUT2D eigenvalue weighted by Gasteiger charge is -2.11. The van der Waals surface area contributed by atoms with E-state index in [0.29, 0.717) is 0 Å². The molecule has 1 unspecified atom stereocenters. The van der Waals surface area contributed by atoms with Crippen LogP contribution in [0.2, 0.25) is 5.02 Å². The number of hydrogen-bond acceptors (Lipinski definition) is 2. The van der Waals surface area contributed by atoms with Crippen molar-refractivity contribution in [1.82, 2.24) is 0 Å². The van der Waals surface area contributed by atoms with E-state index in [4.69, 9.17) is 16.3 Å². The van der Waals surface area contributed by atoms with Gasteiger partial charge in [0.05, 0.1) is 10.7 Å². The molecule has 3 aromatic carbocycles. The summed E-state index contributed by atoms with van der Waals surface area (Å²) in [6, 6.07) is 20.1. The van der Waals surface area contributed by atoms with E-state index in [1.54, 1.807) is 0 Å². The van der Waals surface area contributed by atoms with E-state index in [-0.39, 0.29) is 6.23 Å². The molecular formula is C17H12ClNO. The van der Waals surface area contributed by atoms with Crippen LogP contribution in [-0.2, 0) is 0 Å². The quantitative estimate of drug-likeness (QED) is 0.678. The van der Waals surface area contributed by atoms with Gasteiger partial charge in [0.25, 0.3) is 0 Å². The van der Waals surface area contributed by atoms with Crippen molar-refractivity contribution in [2.75, 3.05) is 5.32 Å². The van der Waals surface area contributed by atoms with Gasteiger partial charge in [0.2, 0.25) is 0 Å². The highest BCUT2D eigenvalue weighted by Crippen LogP contribution is 2.45. The molecule has 1 aliphatic rings. The van der Waals surface area contributed by atoms with E-state index in [9.17, 15) is 0 Å². The summed E-state index contributed by atoms with van der Waals surface area (Å²) in [4.78, 5) is 0. The van der Waals surface area contributed by atoms with Gasteiger partial charge in [0.1, 0.15) is 0 Å². The van der Waals surface area contributed by atoms with Crippen LogP contribution in [0.4, 0.5) is 5.69 Å². The molecular weight excluding hydrogens is 270 g/mol. The minimum atomic E-state index is -0.159. The van der Waals surface area contributed by atoms with Crippen molar-refractivity contribution >= 4 is 28.1 Å². The smallest absolute Gasteiger partial charge is 0.196 e. The Labute approximate surface area is 121 Å². The molecule has 1 atom stereocenters. The van der Waals surface area contributed by atoms with Gasteiger partial charge in [-0.25, -0.2) is 0 Å². The first-order valence-corrected chi connectivity index (χ1v) is 6.90. The third kappa shape index (κ3) is 1.73. The molecule has 0 aliphatic carbocycles. The van der Waals surface area contributed by atoms with Crippen LogP contribution in [-0.4, -0.2) is 0 Å². The molecule has 0 saturated carbocycles. The minimum Gasteiger partial charge on any atom is -0.464 e. The van der Waals surface area contributed by atoms with Crippen molar-refractivity contribution in [3.05, 3.63) is 71.2 Å². The first kappa shape index (κ1) is 11.6. The van der Waals surface area contributed by atoms with Crippen molar-refractivity contribution < 1.29 is 4.74 Å². The van der Waals surface area contributed by atoms with E-state index in [0.717, 1.165) is 32.8 Å². The highest BCUT2D eigenvalue weighted by atomic mass is 35.5. The third-order valence-corrected chi connectivity index (χ3v) is 3.88. The zero-order chi connectivity index (χ0) is 13.5. The SMILES string of the molecule is Clc1cc2c(c3ccccc13)OC(c1ccccc1)N2. The Bertz CT molecular complexity index is 786. The molecule has 3 heteroatoms. The standard InChI is InChI=1S/C17H12ClNO/c18-14-10-15-16(13-9-5-4-8-12(13)14)20-17(19-15)11-6-2-1-3-7-11/h1-10,17,19H. The van der Waals surface area contributed by atoms with Crippen molar-refractivity contribution in [2.45, 2.75) is 6.23 Å². The fraction of sp³-hybridized carbons (Fsp3) is 0.0588. The van der Waals surface area contributed by atoms with E-state index >= 15 is 0 Å². The van der Waals surface area contributed by atoms with Gasteiger partial charge in [-0.3, -0.25) is 0 Å². The second-order valence-electron chi connectivity index (χ2n) is 4.83. The van der Waals surface area contributed by atoms with Crippen LogP contribution < -0.4 is 10.1 Å². The molecule has 0 bridgehead atoms. The van der Waals surface area contributed by atoms with Crippen molar-refractivity contribution in [2.24, 2.45) is 0 Å². The van der Waals surface area contributed by atoms with Crippen molar-refractivity contribution in [1.29, 1.82) is 0 Å². The molecule has 4 rings (SSSR count). The average Bonchev–Trinajstić information content (AvgIpc) is 2.93. The van der Waals surface area contributed by atoms with Gasteiger partial charge in [-0.05, 0) is 6.07 Å². The summed E-state index contributed by atoms with van der Waals surface area (Å²) in [6.45, 7) is 0. The second kappa shape index (κ2) is 4.43. The van der Waals surface area contributed by atoms with Crippen LogP contribution in [0.1, 0.15) is 11.8 Å². The summed E-state index contributed by atoms with van der Waals surface area (Å²) in [5.41, 5.74) is 2.05. The minimum absolute atomic E-state index is 0.159. The Kier molecular flexibility index (Phi) is 2.57. The summed E-state index contributed by atoms with van der Waals surface area (Å²) in [6.07, 6.45) is -0.159. The molecule has 1 aliphatic heterocycles. The molecule has 0 amide bonds. The third-order valence-electron chi connectivity index (χ3n) is 3.57. The summed E-state index contributed by atoms with van der Waals surface area (Å²) in [5.74, 6) is 0.874. The molecule has 0 spiro atoms. The molecule has 1 heterocycles. The van der Waals surface area contributed by atoms with Crippen LogP contribution in [0.15, 0.2) is 60.7 Å². The number of hydrogen-bond donors (Lipinski definition) is 1. The first-order chi connectivity index (χ1) is 9.83. The predicted molar refractivity (Wildman–Crippen MR) is 82.4 cm³/mol. The van der Waals surface area contributed by atoms with Crippen molar-refractivity contribution in [3.63, 3.8) is 0 Å². The van der Waals surface area contributed by atoms with Gasteiger partial charge in [-0.1, -0.05) is 66.2 Å². The topological polar surface area (TPSA) is 21.3 Å². The number of nitrogens with one attached hydrogen (secondary N) is 1. The number of fused-ring (bicyclic) bond motifs is 3. The van der Waals surface area contributed by atoms with E-state index in [1.807, 2.05) is 60.7 Å². The average molecular weight is 282 g/mol. The van der Waals surface area contributed by atoms with E-state index in [2.05, 4.69) is 5.32 Å². The second-order valence-corrected chi connectivity index (χ2v) is 5.24. The molecule has 0 fully saturated rings. The Balaban J connectivity index is 1.84. The fourth-order valence-electron chi connectivity index (χ4n) is 2.61. The fourth-order valence-corrected chi connectivity index (χ4v) is 2.88. The van der Waals surface area contributed by atoms with Crippen LogP contribution in [0.3, 0.4) is 0 Å². The zero-order valence-corrected chi connectivity index (χ0v) is 11.4. The Morgan fingerprint density at radius 3 is 2.40 bits per heavy atom. The lowest BCUT2D eigenvalue weighted by molar-refractivity contribution is 0.262. The summed E-state index contributed by atoms with van der Waals surface area (Å²) in [7, 11) is 0. The lowest BCUT2D eigenvalue weighted by Crippen LogP contribution is -2.09. The van der Waals surface area contributed by atoms with Gasteiger partial charge >= 0.3 is 0 Å². The van der Waals surface area contributed by atoms with Crippen LogP contribution in [0.5, 0.6) is 5.75 Å². The maximum atomic E-state index is 6.34. The summed E-state index contributed by atoms with van der Waals surface area (Å²) in [5, 5.41) is 6.18. The molecule has 2 nitrogen and oxygen atoms in total. The largest absolute Gasteiger partial charge is 0.464 e. The highest BCUT2D eigenvalue weighted by Gasteiger charge is 2.25. The molecule has 1 N–H and O–H groups in total. The number of halogens is 1. The van der Waals surface area contributed by atoms with Crippen LogP contribution in [0.25, 0.3) is 10.8 Å². The monoisotopic (exact) mass is 281 g/mol. The maximum Gasteiger partial charge on any atom is 0.196 e. The predicted octanol–water partition coefficient (Wildman–Crippen LogP) is 5.00. The van der Waals surface area contributed by atoms with Gasteiger partial charge < -0.3 is 10.1 Å². The summed E-state index contributed by atoms with van der Waals surface area (Å²) < 4.78 is 6.09. The van der Waals surface area contributed by atoms with E-state index < -0.39 is 0 Å². The number of ether oxygens (including phenoxy) is 1. The maximum absolute atomic E-state index is 6.34. The number of rotatable bonds is 1. The Hall–Kier alpha value is -2.19. The molecule has 0 radical (unpaired) electrons. The summed E-state index contributed by atoms with van der Waals surface area (Å²) >= 11 is 6.34. The van der Waals surface area contributed by atoms with Gasteiger partial charge in [0, 0.05) is 16.3 Å². The Morgan fingerprint density at radius 2 is 1.60 bits per heavy atom. The molecule has 0 aromatic heterocycles. The van der Waals surface area contributed by atoms with E-state index in [1.165, 1.54) is 0 Å². The van der Waals surface area contributed by atoms with Crippen molar-refractivity contribution in [3.8, 4) is 5.75 Å². The van der Waals surface area contributed by atoms with Gasteiger partial charge in [0.15, 0.2) is 12.0 Å². The molecule has 20 heavy (non-hydrogen) atoms. The molecule has 98 valence electrons. The molecule has 0 saturated heterocycles. The Morgan fingerprint density at radius 1 is 0.900 bits per heavy atom. The van der Waals surface area contributed by atoms with Gasteiger partial charge in [-0.2, -0.15) is 0 Å².